The van der Waals surface area contributed by atoms with Crippen LogP contribution in [0.5, 0.6) is 0 Å². The highest BCUT2D eigenvalue weighted by Gasteiger charge is 2.14. The van der Waals surface area contributed by atoms with Crippen LogP contribution >= 0.6 is 0 Å². The molecule has 0 aliphatic carbocycles. The van der Waals surface area contributed by atoms with Gasteiger partial charge in [-0.05, 0) is 12.1 Å². The van der Waals surface area contributed by atoms with Crippen LogP contribution in [0.25, 0.3) is 0 Å². The number of rotatable bonds is 3. The second-order valence-corrected chi connectivity index (χ2v) is 3.69. The average Bonchev–Trinajstić information content (AvgIpc) is 2.76. The Morgan fingerprint density at radius 3 is 2.67 bits per heavy atom. The molecule has 6 heteroatoms. The van der Waals surface area contributed by atoms with Gasteiger partial charge in [-0.25, -0.2) is 9.78 Å². The average molecular weight is 245 g/mol. The molecule has 0 fully saturated rings. The van der Waals surface area contributed by atoms with Gasteiger partial charge in [-0.15, -0.1) is 0 Å². The molecule has 0 spiro atoms. The Morgan fingerprint density at radius 1 is 1.33 bits per heavy atom. The van der Waals surface area contributed by atoms with Crippen LogP contribution in [0.1, 0.15) is 20.8 Å². The van der Waals surface area contributed by atoms with E-state index in [0.29, 0.717) is 5.69 Å². The molecule has 0 saturated carbocycles. The smallest absolute Gasteiger partial charge is 0.337 e. The number of aromatic carboxylic acids is 1. The monoisotopic (exact) mass is 245 g/mol. The van der Waals surface area contributed by atoms with Gasteiger partial charge in [0.15, 0.2) is 0 Å². The number of nitrogens with zero attached hydrogens (tertiary/aromatic N) is 2. The van der Waals surface area contributed by atoms with E-state index >= 15 is 0 Å². The minimum atomic E-state index is -1.09. The zero-order valence-corrected chi connectivity index (χ0v) is 9.62. The van der Waals surface area contributed by atoms with Crippen molar-refractivity contribution in [2.45, 2.75) is 0 Å². The Bertz CT molecular complexity index is 604. The Balaban J connectivity index is 2.28. The summed E-state index contributed by atoms with van der Waals surface area (Å²) in [4.78, 5) is 26.7. The Kier molecular flexibility index (Phi) is 3.09. The number of hydrogen-bond donors (Lipinski definition) is 2. The van der Waals surface area contributed by atoms with Gasteiger partial charge in [-0.3, -0.25) is 4.79 Å². The number of carbonyl (C=O) groups excluding carboxylic acids is 1. The van der Waals surface area contributed by atoms with Gasteiger partial charge in [0, 0.05) is 7.05 Å². The summed E-state index contributed by atoms with van der Waals surface area (Å²) < 4.78 is 1.55. The lowest BCUT2D eigenvalue weighted by molar-refractivity contribution is 0.0698. The van der Waals surface area contributed by atoms with E-state index in [1.165, 1.54) is 24.7 Å². The maximum atomic E-state index is 11.9. The predicted octanol–water partition coefficient (Wildman–Crippen LogP) is 1.37. The molecule has 0 atom stereocenters. The molecule has 0 saturated heterocycles. The number of para-hydroxylation sites is 1. The fourth-order valence-corrected chi connectivity index (χ4v) is 1.54. The normalized spacial score (nSPS) is 10.1. The maximum absolute atomic E-state index is 11.9. The number of imidazole rings is 1. The second-order valence-electron chi connectivity index (χ2n) is 3.69. The first-order valence-electron chi connectivity index (χ1n) is 5.19. The molecule has 1 heterocycles. The number of nitrogens with one attached hydrogen (secondary N) is 1. The number of amides is 1. The minimum absolute atomic E-state index is 0.0491. The summed E-state index contributed by atoms with van der Waals surface area (Å²) in [5.41, 5.74) is 0.666. The summed E-state index contributed by atoms with van der Waals surface area (Å²) in [5.74, 6) is -1.49. The number of carboxylic acids is 1. The summed E-state index contributed by atoms with van der Waals surface area (Å²) in [6.07, 6.45) is 2.91. The van der Waals surface area contributed by atoms with Crippen LogP contribution < -0.4 is 5.32 Å². The zero-order valence-electron chi connectivity index (χ0n) is 9.62. The van der Waals surface area contributed by atoms with Crippen molar-refractivity contribution in [3.8, 4) is 0 Å². The van der Waals surface area contributed by atoms with Crippen molar-refractivity contribution >= 4 is 17.6 Å². The summed E-state index contributed by atoms with van der Waals surface area (Å²) in [6, 6.07) is 6.23. The van der Waals surface area contributed by atoms with Crippen molar-refractivity contribution < 1.29 is 14.7 Å². The summed E-state index contributed by atoms with van der Waals surface area (Å²) in [5, 5.41) is 11.5. The van der Waals surface area contributed by atoms with Crippen LogP contribution in [-0.2, 0) is 7.05 Å². The van der Waals surface area contributed by atoms with E-state index in [2.05, 4.69) is 10.3 Å². The van der Waals surface area contributed by atoms with E-state index in [1.54, 1.807) is 23.7 Å². The van der Waals surface area contributed by atoms with Gasteiger partial charge in [0.1, 0.15) is 5.69 Å². The molecule has 2 aromatic rings. The van der Waals surface area contributed by atoms with Crippen molar-refractivity contribution in [3.05, 3.63) is 48.0 Å². The molecule has 0 radical (unpaired) electrons. The van der Waals surface area contributed by atoms with Crippen molar-refractivity contribution in [2.75, 3.05) is 5.32 Å². The predicted molar refractivity (Wildman–Crippen MR) is 64.6 cm³/mol. The van der Waals surface area contributed by atoms with Crippen LogP contribution in [0.2, 0.25) is 0 Å². The maximum Gasteiger partial charge on any atom is 0.337 e. The molecular weight excluding hydrogens is 234 g/mol. The van der Waals surface area contributed by atoms with Crippen LogP contribution in [0.3, 0.4) is 0 Å². The zero-order chi connectivity index (χ0) is 13.1. The number of benzene rings is 1. The molecule has 2 rings (SSSR count). The highest BCUT2D eigenvalue weighted by Crippen LogP contribution is 2.15. The van der Waals surface area contributed by atoms with E-state index in [-0.39, 0.29) is 11.3 Å². The molecule has 0 unspecified atom stereocenters. The Labute approximate surface area is 103 Å². The van der Waals surface area contributed by atoms with Crippen LogP contribution in [0.15, 0.2) is 36.8 Å². The van der Waals surface area contributed by atoms with Gasteiger partial charge < -0.3 is 15.0 Å². The topological polar surface area (TPSA) is 84.2 Å². The first-order chi connectivity index (χ1) is 8.59. The molecule has 18 heavy (non-hydrogen) atoms. The molecular formula is C12H11N3O3. The first-order valence-corrected chi connectivity index (χ1v) is 5.19. The number of hydrogen-bond acceptors (Lipinski definition) is 3. The number of aryl methyl sites for hydroxylation is 1. The van der Waals surface area contributed by atoms with Crippen molar-refractivity contribution in [1.29, 1.82) is 0 Å². The SMILES string of the molecule is Cn1cncc1C(=O)Nc1ccccc1C(=O)O. The van der Waals surface area contributed by atoms with Gasteiger partial charge >= 0.3 is 5.97 Å². The van der Waals surface area contributed by atoms with Crippen molar-refractivity contribution in [2.24, 2.45) is 7.05 Å². The highest BCUT2D eigenvalue weighted by molar-refractivity contribution is 6.06. The fourth-order valence-electron chi connectivity index (χ4n) is 1.54. The van der Waals surface area contributed by atoms with E-state index in [9.17, 15) is 9.59 Å². The second kappa shape index (κ2) is 4.70. The molecule has 1 amide bonds. The summed E-state index contributed by atoms with van der Waals surface area (Å²) in [7, 11) is 1.69. The van der Waals surface area contributed by atoms with Gasteiger partial charge in [0.25, 0.3) is 5.91 Å². The van der Waals surface area contributed by atoms with E-state index in [4.69, 9.17) is 5.11 Å². The molecule has 6 nitrogen and oxygen atoms in total. The van der Waals surface area contributed by atoms with E-state index in [0.717, 1.165) is 0 Å². The number of carbonyl (C=O) groups is 2. The molecule has 1 aromatic heterocycles. The first kappa shape index (κ1) is 11.8. The third-order valence-electron chi connectivity index (χ3n) is 2.45. The molecule has 2 N–H and O–H groups in total. The number of anilines is 1. The molecule has 0 bridgehead atoms. The largest absolute Gasteiger partial charge is 0.478 e. The lowest BCUT2D eigenvalue weighted by Crippen LogP contribution is -2.17. The Hall–Kier alpha value is -2.63. The standard InChI is InChI=1S/C12H11N3O3/c1-15-7-13-6-10(15)11(16)14-9-5-3-2-4-8(9)12(17)18/h2-7H,1H3,(H,14,16)(H,17,18). The molecule has 1 aromatic carbocycles. The Morgan fingerprint density at radius 2 is 2.06 bits per heavy atom. The van der Waals surface area contributed by atoms with Crippen LogP contribution in [-0.4, -0.2) is 26.5 Å². The highest BCUT2D eigenvalue weighted by atomic mass is 16.4. The van der Waals surface area contributed by atoms with E-state index in [1.807, 2.05) is 0 Å². The number of aromatic nitrogens is 2. The number of carboxylic acid groups (broad SMARTS) is 1. The fraction of sp³-hybridized carbons (Fsp3) is 0.0833. The van der Waals surface area contributed by atoms with Crippen molar-refractivity contribution in [3.63, 3.8) is 0 Å². The van der Waals surface area contributed by atoms with Gasteiger partial charge in [-0.1, -0.05) is 12.1 Å². The quantitative estimate of drug-likeness (QED) is 0.855. The summed E-state index contributed by atoms with van der Waals surface area (Å²) in [6.45, 7) is 0. The lowest BCUT2D eigenvalue weighted by Gasteiger charge is -2.08. The van der Waals surface area contributed by atoms with Gasteiger partial charge in [-0.2, -0.15) is 0 Å². The third kappa shape index (κ3) is 2.22. The van der Waals surface area contributed by atoms with Gasteiger partial charge in [0.2, 0.25) is 0 Å². The molecule has 0 aliphatic rings. The summed E-state index contributed by atoms with van der Waals surface area (Å²) >= 11 is 0. The van der Waals surface area contributed by atoms with Crippen molar-refractivity contribution in [1.82, 2.24) is 9.55 Å². The van der Waals surface area contributed by atoms with Crippen LogP contribution in [0.4, 0.5) is 5.69 Å². The van der Waals surface area contributed by atoms with Crippen LogP contribution in [0, 0.1) is 0 Å². The van der Waals surface area contributed by atoms with Gasteiger partial charge in [0.05, 0.1) is 23.8 Å². The lowest BCUT2D eigenvalue weighted by atomic mass is 10.2. The minimum Gasteiger partial charge on any atom is -0.478 e. The molecule has 0 aliphatic heterocycles. The molecule has 92 valence electrons. The van der Waals surface area contributed by atoms with E-state index < -0.39 is 11.9 Å². The third-order valence-corrected chi connectivity index (χ3v) is 2.45.